The van der Waals surface area contributed by atoms with Crippen LogP contribution in [0.4, 0.5) is 0 Å². The molecule has 4 heavy (non-hydrogen) atoms. The second-order valence-corrected chi connectivity index (χ2v) is 0. The molecule has 0 aliphatic rings. The van der Waals surface area contributed by atoms with Gasteiger partial charge in [0, 0.05) is 0 Å². The van der Waals surface area contributed by atoms with Crippen LogP contribution in [0.25, 0.3) is 0 Å². The second kappa shape index (κ2) is 19.8. The smallest absolute Gasteiger partial charge is 2.00 e. The molecule has 4 heteroatoms. The second-order valence-electron chi connectivity index (χ2n) is 0. The third kappa shape index (κ3) is 8.97. The molecule has 0 amide bonds. The SMILES string of the molecule is [Mg+2].[O-2].[Ru+3].[W+4]. The van der Waals surface area contributed by atoms with Crippen LogP contribution in [0.15, 0.2) is 0 Å². The van der Waals surface area contributed by atoms with Gasteiger partial charge in [0.2, 0.25) is 0 Å². The van der Waals surface area contributed by atoms with Crippen LogP contribution in [0.1, 0.15) is 0 Å². The van der Waals surface area contributed by atoms with Gasteiger partial charge < -0.3 is 5.48 Å². The number of rotatable bonds is 0. The summed E-state index contributed by atoms with van der Waals surface area (Å²) in [5.74, 6) is 0. The summed E-state index contributed by atoms with van der Waals surface area (Å²) in [5.41, 5.74) is 0. The Morgan fingerprint density at radius 2 is 1.00 bits per heavy atom. The zero-order valence-electron chi connectivity index (χ0n) is 1.88. The van der Waals surface area contributed by atoms with Gasteiger partial charge in [0.15, 0.2) is 0 Å². The van der Waals surface area contributed by atoms with Crippen LogP contribution < -0.4 is 0 Å². The minimum absolute atomic E-state index is 0. The van der Waals surface area contributed by atoms with Crippen LogP contribution in [-0.2, 0) is 46.0 Å². The fourth-order valence-electron chi connectivity index (χ4n) is 0. The van der Waals surface area contributed by atoms with Crippen molar-refractivity contribution in [2.45, 2.75) is 0 Å². The molecule has 0 aromatic heterocycles. The molecule has 0 N–H and O–H groups in total. The minimum atomic E-state index is 0. The zero-order chi connectivity index (χ0) is 0. The van der Waals surface area contributed by atoms with Gasteiger partial charge in [0.05, 0.1) is 0 Å². The third-order valence-corrected chi connectivity index (χ3v) is 0. The maximum absolute atomic E-state index is 0. The Hall–Kier alpha value is 2.04. The molecule has 1 nitrogen and oxygen atoms in total. The van der Waals surface area contributed by atoms with Crippen molar-refractivity contribution < 1.29 is 46.0 Å². The van der Waals surface area contributed by atoms with Crippen molar-refractivity contribution >= 4 is 23.1 Å². The van der Waals surface area contributed by atoms with E-state index in [0.717, 1.165) is 0 Å². The molecule has 1 radical (unpaired) electrons. The average Bonchev–Trinajstić information content (AvgIpc) is 0. The maximum Gasteiger partial charge on any atom is 4.00 e. The molecule has 0 spiro atoms. The Bertz CT molecular complexity index is 8.00. The van der Waals surface area contributed by atoms with Crippen LogP contribution in [0.3, 0.4) is 0 Å². The van der Waals surface area contributed by atoms with E-state index in [-0.39, 0.29) is 69.1 Å². The summed E-state index contributed by atoms with van der Waals surface area (Å²) in [6.45, 7) is 0. The molecule has 0 atom stereocenters. The first kappa shape index (κ1) is 36.9. The molecule has 0 aromatic carbocycles. The van der Waals surface area contributed by atoms with E-state index in [1.54, 1.807) is 0 Å². The Morgan fingerprint density at radius 1 is 1.00 bits per heavy atom. The van der Waals surface area contributed by atoms with Crippen molar-refractivity contribution in [1.29, 1.82) is 0 Å². The summed E-state index contributed by atoms with van der Waals surface area (Å²) in [7, 11) is 0. The standard InChI is InChI=1S/Mg.O.Ru.W/q+2;-2;+3;+4. The summed E-state index contributed by atoms with van der Waals surface area (Å²) < 4.78 is 0. The van der Waals surface area contributed by atoms with Crippen LogP contribution in [-0.4, -0.2) is 23.1 Å². The molecule has 0 bridgehead atoms. The Morgan fingerprint density at radius 3 is 1.00 bits per heavy atom. The monoisotopic (exact) mass is 326 g/mol. The maximum atomic E-state index is 0. The van der Waals surface area contributed by atoms with Crippen LogP contribution in [0, 0.1) is 0 Å². The van der Waals surface area contributed by atoms with Crippen LogP contribution >= 0.6 is 0 Å². The van der Waals surface area contributed by atoms with Gasteiger partial charge in [0.25, 0.3) is 0 Å². The summed E-state index contributed by atoms with van der Waals surface area (Å²) in [6, 6.07) is 0. The molecule has 15 valence electrons. The molecule has 0 fully saturated rings. The van der Waals surface area contributed by atoms with E-state index in [1.165, 1.54) is 0 Å². The first-order chi connectivity index (χ1) is 0. The van der Waals surface area contributed by atoms with Crippen molar-refractivity contribution in [3.63, 3.8) is 0 Å². The van der Waals surface area contributed by atoms with Gasteiger partial charge in [-0.25, -0.2) is 0 Å². The topological polar surface area (TPSA) is 28.5 Å². The molecule has 0 aliphatic heterocycles. The fraction of sp³-hybridized carbons (Fsp3) is 0. The van der Waals surface area contributed by atoms with Gasteiger partial charge in [-0.05, 0) is 0 Å². The van der Waals surface area contributed by atoms with Gasteiger partial charge in [-0.3, -0.25) is 0 Å². The molecule has 0 aromatic rings. The minimum Gasteiger partial charge on any atom is -2.00 e. The third-order valence-electron chi connectivity index (χ3n) is 0. The molecule has 0 saturated heterocycles. The molecule has 0 unspecified atom stereocenters. The zero-order valence-corrected chi connectivity index (χ0v) is 7.96. The van der Waals surface area contributed by atoms with Gasteiger partial charge in [0.1, 0.15) is 0 Å². The predicted octanol–water partition coefficient (Wildman–Crippen LogP) is -0.505. The van der Waals surface area contributed by atoms with Gasteiger partial charge in [-0.1, -0.05) is 0 Å². The van der Waals surface area contributed by atoms with Crippen molar-refractivity contribution in [3.05, 3.63) is 0 Å². The van der Waals surface area contributed by atoms with E-state index >= 15 is 0 Å². The van der Waals surface area contributed by atoms with E-state index in [1.807, 2.05) is 0 Å². The Kier molecular flexibility index (Phi) is 182. The van der Waals surface area contributed by atoms with Gasteiger partial charge in [-0.2, -0.15) is 0 Å². The summed E-state index contributed by atoms with van der Waals surface area (Å²) in [6.07, 6.45) is 0. The van der Waals surface area contributed by atoms with E-state index in [2.05, 4.69) is 0 Å². The van der Waals surface area contributed by atoms with Crippen molar-refractivity contribution in [1.82, 2.24) is 0 Å². The van der Waals surface area contributed by atoms with Crippen LogP contribution in [0.5, 0.6) is 0 Å². The largest absolute Gasteiger partial charge is 4.00 e. The fourth-order valence-corrected chi connectivity index (χ4v) is 0. The summed E-state index contributed by atoms with van der Waals surface area (Å²) in [4.78, 5) is 0. The van der Waals surface area contributed by atoms with Crippen molar-refractivity contribution in [3.8, 4) is 0 Å². The normalized spacial score (nSPS) is 0. The average molecular weight is 325 g/mol. The van der Waals surface area contributed by atoms with E-state index in [0.29, 0.717) is 0 Å². The first-order valence-corrected chi connectivity index (χ1v) is 0. The van der Waals surface area contributed by atoms with Crippen LogP contribution in [0.2, 0.25) is 0 Å². The summed E-state index contributed by atoms with van der Waals surface area (Å²) >= 11 is 0. The van der Waals surface area contributed by atoms with Gasteiger partial charge in [-0.15, -0.1) is 0 Å². The van der Waals surface area contributed by atoms with Crippen molar-refractivity contribution in [2.24, 2.45) is 0 Å². The summed E-state index contributed by atoms with van der Waals surface area (Å²) in [5, 5.41) is 0. The molecule has 0 heterocycles. The molecule has 0 aliphatic carbocycles. The number of hydrogen-bond donors (Lipinski definition) is 0. The Balaban J connectivity index is 0. The first-order valence-electron chi connectivity index (χ1n) is 0. The Labute approximate surface area is 68.4 Å². The van der Waals surface area contributed by atoms with Gasteiger partial charge >= 0.3 is 63.6 Å². The molecule has 0 rings (SSSR count). The van der Waals surface area contributed by atoms with E-state index in [4.69, 9.17) is 0 Å². The van der Waals surface area contributed by atoms with Crippen molar-refractivity contribution in [2.75, 3.05) is 0 Å². The number of hydrogen-bond acceptors (Lipinski definition) is 0. The quantitative estimate of drug-likeness (QED) is 0.537. The molecular formula is MgORuW+7. The molecule has 0 saturated carbocycles. The predicted molar refractivity (Wildman–Crippen MR) is 6.44 cm³/mol. The van der Waals surface area contributed by atoms with E-state index in [9.17, 15) is 0 Å². The van der Waals surface area contributed by atoms with E-state index < -0.39 is 0 Å². The molecular weight excluding hydrogens is 325 g/mol.